The van der Waals surface area contributed by atoms with E-state index in [0.29, 0.717) is 17.4 Å². The van der Waals surface area contributed by atoms with Crippen LogP contribution in [0.25, 0.3) is 0 Å². The lowest BCUT2D eigenvalue weighted by Crippen LogP contribution is -2.31. The van der Waals surface area contributed by atoms with E-state index in [1.807, 2.05) is 0 Å². The average molecular weight is 255 g/mol. The quantitative estimate of drug-likeness (QED) is 0.478. The number of benzene rings is 1. The van der Waals surface area contributed by atoms with Crippen LogP contribution in [0, 0.1) is 5.82 Å². The van der Waals surface area contributed by atoms with Gasteiger partial charge in [0.15, 0.2) is 11.6 Å². The maximum absolute atomic E-state index is 13.7. The van der Waals surface area contributed by atoms with Crippen molar-refractivity contribution < 1.29 is 23.9 Å². The van der Waals surface area contributed by atoms with Crippen LogP contribution in [-0.4, -0.2) is 37.0 Å². The Labute approximate surface area is 104 Å². The van der Waals surface area contributed by atoms with Crippen molar-refractivity contribution in [1.82, 2.24) is 0 Å². The van der Waals surface area contributed by atoms with Crippen molar-refractivity contribution in [2.45, 2.75) is 12.5 Å². The molecule has 98 valence electrons. The minimum Gasteiger partial charge on any atom is -0.491 e. The SMILES string of the molecule is NCC1OB(O)c2c1ccc(F)c2OCCCO. The summed E-state index contributed by atoms with van der Waals surface area (Å²) < 4.78 is 24.2. The fraction of sp³-hybridized carbons (Fsp3) is 0.455. The van der Waals surface area contributed by atoms with Gasteiger partial charge in [-0.15, -0.1) is 0 Å². The van der Waals surface area contributed by atoms with Crippen LogP contribution in [0.5, 0.6) is 5.75 Å². The summed E-state index contributed by atoms with van der Waals surface area (Å²) in [5.41, 5.74) is 6.46. The van der Waals surface area contributed by atoms with Crippen LogP contribution >= 0.6 is 0 Å². The molecular weight excluding hydrogens is 240 g/mol. The number of halogens is 1. The molecule has 0 aromatic heterocycles. The number of rotatable bonds is 5. The Morgan fingerprint density at radius 1 is 1.50 bits per heavy atom. The van der Waals surface area contributed by atoms with Gasteiger partial charge in [-0.3, -0.25) is 0 Å². The van der Waals surface area contributed by atoms with E-state index in [1.54, 1.807) is 0 Å². The van der Waals surface area contributed by atoms with E-state index in [4.69, 9.17) is 20.2 Å². The van der Waals surface area contributed by atoms with E-state index >= 15 is 0 Å². The predicted molar refractivity (Wildman–Crippen MR) is 64.1 cm³/mol. The Balaban J connectivity index is 2.31. The predicted octanol–water partition coefficient (Wildman–Crippen LogP) is -0.696. The fourth-order valence-electron chi connectivity index (χ4n) is 1.99. The molecular formula is C11H15BFNO4. The smallest absolute Gasteiger partial charge is 0.491 e. The minimum absolute atomic E-state index is 0.0237. The molecule has 0 saturated heterocycles. The lowest BCUT2D eigenvalue weighted by molar-refractivity contribution is 0.198. The molecule has 7 heteroatoms. The zero-order valence-corrected chi connectivity index (χ0v) is 9.80. The summed E-state index contributed by atoms with van der Waals surface area (Å²) in [7, 11) is -1.23. The van der Waals surface area contributed by atoms with Gasteiger partial charge in [-0.2, -0.15) is 0 Å². The Morgan fingerprint density at radius 3 is 2.94 bits per heavy atom. The molecule has 18 heavy (non-hydrogen) atoms. The van der Waals surface area contributed by atoms with E-state index in [-0.39, 0.29) is 25.5 Å². The Morgan fingerprint density at radius 2 is 2.28 bits per heavy atom. The van der Waals surface area contributed by atoms with E-state index in [9.17, 15) is 9.41 Å². The Bertz CT molecular complexity index is 432. The third kappa shape index (κ3) is 2.35. The number of fused-ring (bicyclic) bond motifs is 1. The third-order valence-electron chi connectivity index (χ3n) is 2.83. The topological polar surface area (TPSA) is 84.9 Å². The number of hydrogen-bond acceptors (Lipinski definition) is 5. The van der Waals surface area contributed by atoms with Crippen LogP contribution in [0.1, 0.15) is 18.1 Å². The Kier molecular flexibility index (Phi) is 4.18. The van der Waals surface area contributed by atoms with Crippen molar-refractivity contribution in [3.63, 3.8) is 0 Å². The van der Waals surface area contributed by atoms with Gasteiger partial charge in [-0.25, -0.2) is 4.39 Å². The van der Waals surface area contributed by atoms with Gasteiger partial charge in [0.2, 0.25) is 0 Å². The molecule has 0 aliphatic carbocycles. The van der Waals surface area contributed by atoms with Crippen LogP contribution in [0.15, 0.2) is 12.1 Å². The highest BCUT2D eigenvalue weighted by Gasteiger charge is 2.38. The van der Waals surface area contributed by atoms with E-state index in [0.717, 1.165) is 0 Å². The van der Waals surface area contributed by atoms with Crippen molar-refractivity contribution in [2.75, 3.05) is 19.8 Å². The third-order valence-corrected chi connectivity index (χ3v) is 2.83. The fourth-order valence-corrected chi connectivity index (χ4v) is 1.99. The summed E-state index contributed by atoms with van der Waals surface area (Å²) in [6, 6.07) is 2.80. The molecule has 0 bridgehead atoms. The van der Waals surface area contributed by atoms with Crippen LogP contribution in [-0.2, 0) is 4.65 Å². The Hall–Kier alpha value is -1.15. The zero-order chi connectivity index (χ0) is 13.1. The van der Waals surface area contributed by atoms with Gasteiger partial charge in [0.25, 0.3) is 0 Å². The minimum atomic E-state index is -1.23. The monoisotopic (exact) mass is 255 g/mol. The van der Waals surface area contributed by atoms with Crippen molar-refractivity contribution >= 4 is 12.6 Å². The number of ether oxygens (including phenoxy) is 1. The maximum atomic E-state index is 13.7. The highest BCUT2D eigenvalue weighted by molar-refractivity contribution is 6.62. The number of aliphatic hydroxyl groups is 1. The van der Waals surface area contributed by atoms with Gasteiger partial charge in [-0.1, -0.05) is 6.07 Å². The highest BCUT2D eigenvalue weighted by Crippen LogP contribution is 2.28. The van der Waals surface area contributed by atoms with E-state index < -0.39 is 19.0 Å². The molecule has 5 nitrogen and oxygen atoms in total. The molecule has 0 amide bonds. The first-order valence-electron chi connectivity index (χ1n) is 5.78. The molecule has 0 saturated carbocycles. The van der Waals surface area contributed by atoms with Gasteiger partial charge < -0.3 is 25.3 Å². The second kappa shape index (κ2) is 5.66. The summed E-state index contributed by atoms with van der Waals surface area (Å²) in [6.45, 7) is 0.330. The molecule has 2 rings (SSSR count). The number of aliphatic hydroxyl groups excluding tert-OH is 1. The average Bonchev–Trinajstić information content (AvgIpc) is 2.69. The van der Waals surface area contributed by atoms with Crippen molar-refractivity contribution in [3.05, 3.63) is 23.5 Å². The molecule has 0 fully saturated rings. The molecule has 1 aliphatic rings. The normalized spacial score (nSPS) is 18.0. The van der Waals surface area contributed by atoms with Gasteiger partial charge in [0.1, 0.15) is 0 Å². The lowest BCUT2D eigenvalue weighted by Gasteiger charge is -2.12. The molecule has 0 radical (unpaired) electrons. The standard InChI is InChI=1S/C11H15BFNO4/c13-8-3-2-7-9(6-14)18-12(16)10(7)11(8)17-5-1-4-15/h2-3,9,15-16H,1,4-6,14H2. The van der Waals surface area contributed by atoms with Gasteiger partial charge in [-0.05, 0) is 11.6 Å². The molecule has 4 N–H and O–H groups in total. The van der Waals surface area contributed by atoms with Gasteiger partial charge >= 0.3 is 7.12 Å². The summed E-state index contributed by atoms with van der Waals surface area (Å²) >= 11 is 0. The maximum Gasteiger partial charge on any atom is 0.495 e. The molecule has 1 heterocycles. The molecule has 0 spiro atoms. The molecule has 1 unspecified atom stereocenters. The highest BCUT2D eigenvalue weighted by atomic mass is 19.1. The molecule has 1 aliphatic heterocycles. The second-order valence-corrected chi connectivity index (χ2v) is 4.02. The van der Waals surface area contributed by atoms with Crippen molar-refractivity contribution in [3.8, 4) is 5.75 Å². The summed E-state index contributed by atoms with van der Waals surface area (Å²) in [5.74, 6) is -0.587. The van der Waals surface area contributed by atoms with Crippen molar-refractivity contribution in [2.24, 2.45) is 5.73 Å². The van der Waals surface area contributed by atoms with Crippen LogP contribution in [0.3, 0.4) is 0 Å². The largest absolute Gasteiger partial charge is 0.495 e. The lowest BCUT2D eigenvalue weighted by atomic mass is 9.78. The zero-order valence-electron chi connectivity index (χ0n) is 9.80. The first-order valence-corrected chi connectivity index (χ1v) is 5.78. The van der Waals surface area contributed by atoms with E-state index in [1.165, 1.54) is 12.1 Å². The van der Waals surface area contributed by atoms with Crippen LogP contribution in [0.2, 0.25) is 0 Å². The second-order valence-electron chi connectivity index (χ2n) is 4.02. The molecule has 1 atom stereocenters. The summed E-state index contributed by atoms with van der Waals surface area (Å²) in [5, 5.41) is 18.4. The number of hydrogen-bond donors (Lipinski definition) is 3. The first-order chi connectivity index (χ1) is 8.69. The first kappa shape index (κ1) is 13.3. The van der Waals surface area contributed by atoms with Gasteiger partial charge in [0.05, 0.1) is 12.7 Å². The summed E-state index contributed by atoms with van der Waals surface area (Å²) in [4.78, 5) is 0. The van der Waals surface area contributed by atoms with E-state index in [2.05, 4.69) is 0 Å². The summed E-state index contributed by atoms with van der Waals surface area (Å²) in [6.07, 6.45) is -0.0591. The molecule has 1 aromatic carbocycles. The van der Waals surface area contributed by atoms with Crippen LogP contribution < -0.4 is 15.9 Å². The van der Waals surface area contributed by atoms with Crippen molar-refractivity contribution in [1.29, 1.82) is 0 Å². The van der Waals surface area contributed by atoms with Crippen LogP contribution in [0.4, 0.5) is 4.39 Å². The van der Waals surface area contributed by atoms with Gasteiger partial charge in [0, 0.05) is 25.0 Å². The number of nitrogens with two attached hydrogens (primary N) is 1. The molecule has 1 aromatic rings.